The van der Waals surface area contributed by atoms with Crippen molar-refractivity contribution in [3.05, 3.63) is 0 Å². The second-order valence-electron chi connectivity index (χ2n) is 5.37. The van der Waals surface area contributed by atoms with E-state index in [-0.39, 0.29) is 16.9 Å². The number of carbonyl (C=O) groups is 1. The zero-order chi connectivity index (χ0) is 10.8. The molecule has 0 aromatic heterocycles. The topological polar surface area (TPSA) is 29.1 Å². The highest BCUT2D eigenvalue weighted by molar-refractivity contribution is 5.80. The summed E-state index contributed by atoms with van der Waals surface area (Å²) in [6, 6.07) is 0. The molecule has 2 nitrogen and oxygen atoms in total. The molecule has 1 N–H and O–H groups in total. The van der Waals surface area contributed by atoms with Gasteiger partial charge in [-0.15, -0.1) is 0 Å². The lowest BCUT2D eigenvalue weighted by molar-refractivity contribution is -0.119. The molecule has 1 aliphatic rings. The molecule has 2 heteroatoms. The Morgan fingerprint density at radius 3 is 2.36 bits per heavy atom. The van der Waals surface area contributed by atoms with Gasteiger partial charge in [0.25, 0.3) is 0 Å². The molecular formula is C12H23NO. The van der Waals surface area contributed by atoms with Crippen LogP contribution < -0.4 is 5.32 Å². The van der Waals surface area contributed by atoms with Gasteiger partial charge in [0, 0.05) is 12.0 Å². The molecule has 82 valence electrons. The summed E-state index contributed by atoms with van der Waals surface area (Å²) in [4.78, 5) is 11.4. The predicted molar refractivity (Wildman–Crippen MR) is 59.1 cm³/mol. The zero-order valence-electron chi connectivity index (χ0n) is 9.94. The summed E-state index contributed by atoms with van der Waals surface area (Å²) in [6.45, 7) is 8.74. The standard InChI is InChI=1S/C12H23NO/c1-5-6-7-8-12(4)9-10(14)13-11(12,2)3/h5-9H2,1-4H3,(H,13,14). The van der Waals surface area contributed by atoms with Gasteiger partial charge in [0.15, 0.2) is 0 Å². The molecule has 1 heterocycles. The van der Waals surface area contributed by atoms with Crippen LogP contribution in [-0.2, 0) is 4.79 Å². The molecule has 1 saturated heterocycles. The van der Waals surface area contributed by atoms with Gasteiger partial charge in [0.05, 0.1) is 0 Å². The molecule has 0 aliphatic carbocycles. The fraction of sp³-hybridized carbons (Fsp3) is 0.917. The van der Waals surface area contributed by atoms with Crippen LogP contribution in [0, 0.1) is 5.41 Å². The van der Waals surface area contributed by atoms with Gasteiger partial charge >= 0.3 is 0 Å². The maximum atomic E-state index is 11.4. The molecule has 1 fully saturated rings. The minimum Gasteiger partial charge on any atom is -0.351 e. The highest BCUT2D eigenvalue weighted by atomic mass is 16.2. The van der Waals surface area contributed by atoms with Crippen LogP contribution in [0.15, 0.2) is 0 Å². The minimum absolute atomic E-state index is 0.0299. The van der Waals surface area contributed by atoms with Crippen molar-refractivity contribution in [3.63, 3.8) is 0 Å². The third-order valence-electron chi connectivity index (χ3n) is 3.84. The maximum Gasteiger partial charge on any atom is 0.221 e. The molecule has 0 saturated carbocycles. The van der Waals surface area contributed by atoms with Crippen molar-refractivity contribution in [1.82, 2.24) is 5.32 Å². The van der Waals surface area contributed by atoms with Crippen LogP contribution in [0.4, 0.5) is 0 Å². The summed E-state index contributed by atoms with van der Waals surface area (Å²) < 4.78 is 0. The van der Waals surface area contributed by atoms with Gasteiger partial charge in [-0.2, -0.15) is 0 Å². The first kappa shape index (κ1) is 11.5. The Labute approximate surface area is 87.5 Å². The molecule has 0 spiro atoms. The van der Waals surface area contributed by atoms with E-state index in [2.05, 4.69) is 33.0 Å². The molecule has 1 amide bonds. The van der Waals surface area contributed by atoms with E-state index in [0.717, 1.165) is 6.42 Å². The Hall–Kier alpha value is -0.530. The number of hydrogen-bond acceptors (Lipinski definition) is 1. The van der Waals surface area contributed by atoms with Gasteiger partial charge in [-0.1, -0.05) is 33.1 Å². The first-order chi connectivity index (χ1) is 6.41. The number of amides is 1. The largest absolute Gasteiger partial charge is 0.351 e. The number of rotatable bonds is 4. The van der Waals surface area contributed by atoms with Gasteiger partial charge in [0.2, 0.25) is 5.91 Å². The molecule has 1 aliphatic heterocycles. The summed E-state index contributed by atoms with van der Waals surface area (Å²) >= 11 is 0. The van der Waals surface area contributed by atoms with Gasteiger partial charge in [-0.3, -0.25) is 4.79 Å². The lowest BCUT2D eigenvalue weighted by atomic mass is 9.70. The summed E-state index contributed by atoms with van der Waals surface area (Å²) in [5, 5.41) is 3.07. The molecule has 1 unspecified atom stereocenters. The SMILES string of the molecule is CCCCCC1(C)CC(=O)NC1(C)C. The second kappa shape index (κ2) is 3.92. The van der Waals surface area contributed by atoms with Crippen LogP contribution in [0.25, 0.3) is 0 Å². The van der Waals surface area contributed by atoms with Crippen molar-refractivity contribution in [3.8, 4) is 0 Å². The highest BCUT2D eigenvalue weighted by Gasteiger charge is 2.48. The Balaban J connectivity index is 2.58. The lowest BCUT2D eigenvalue weighted by Gasteiger charge is -2.37. The van der Waals surface area contributed by atoms with Crippen LogP contribution in [-0.4, -0.2) is 11.4 Å². The lowest BCUT2D eigenvalue weighted by Crippen LogP contribution is -2.45. The zero-order valence-corrected chi connectivity index (χ0v) is 9.94. The average Bonchev–Trinajstić information content (AvgIpc) is 2.21. The van der Waals surface area contributed by atoms with Gasteiger partial charge in [0.1, 0.15) is 0 Å². The fourth-order valence-electron chi connectivity index (χ4n) is 2.29. The molecule has 1 rings (SSSR count). The third kappa shape index (κ3) is 2.10. The van der Waals surface area contributed by atoms with Crippen LogP contribution in [0.5, 0.6) is 0 Å². The van der Waals surface area contributed by atoms with E-state index in [1.807, 2.05) is 0 Å². The summed E-state index contributed by atoms with van der Waals surface area (Å²) in [7, 11) is 0. The van der Waals surface area contributed by atoms with Crippen molar-refractivity contribution in [2.24, 2.45) is 5.41 Å². The van der Waals surface area contributed by atoms with E-state index in [0.29, 0.717) is 6.42 Å². The number of carbonyl (C=O) groups excluding carboxylic acids is 1. The molecule has 0 aromatic rings. The summed E-state index contributed by atoms with van der Waals surface area (Å²) in [5.74, 6) is 0.217. The summed E-state index contributed by atoms with van der Waals surface area (Å²) in [6.07, 6.45) is 5.62. The highest BCUT2D eigenvalue weighted by Crippen LogP contribution is 2.43. The first-order valence-electron chi connectivity index (χ1n) is 5.72. The van der Waals surface area contributed by atoms with E-state index >= 15 is 0 Å². The fourth-order valence-corrected chi connectivity index (χ4v) is 2.29. The molecule has 0 bridgehead atoms. The maximum absolute atomic E-state index is 11.4. The normalized spacial score (nSPS) is 30.4. The van der Waals surface area contributed by atoms with E-state index in [4.69, 9.17) is 0 Å². The molecule has 1 atom stereocenters. The first-order valence-corrected chi connectivity index (χ1v) is 5.72. The summed E-state index contributed by atoms with van der Waals surface area (Å²) in [5.41, 5.74) is 0.122. The Bertz CT molecular complexity index is 222. The molecule has 14 heavy (non-hydrogen) atoms. The number of unbranched alkanes of at least 4 members (excludes halogenated alkanes) is 2. The number of nitrogens with one attached hydrogen (secondary N) is 1. The van der Waals surface area contributed by atoms with Crippen LogP contribution in [0.3, 0.4) is 0 Å². The Morgan fingerprint density at radius 1 is 1.29 bits per heavy atom. The van der Waals surface area contributed by atoms with Crippen molar-refractivity contribution in [2.75, 3.05) is 0 Å². The third-order valence-corrected chi connectivity index (χ3v) is 3.84. The van der Waals surface area contributed by atoms with E-state index < -0.39 is 0 Å². The van der Waals surface area contributed by atoms with Crippen LogP contribution in [0.2, 0.25) is 0 Å². The molecule has 0 radical (unpaired) electrons. The van der Waals surface area contributed by atoms with Crippen molar-refractivity contribution in [2.45, 2.75) is 65.3 Å². The van der Waals surface area contributed by atoms with Crippen molar-refractivity contribution < 1.29 is 4.79 Å². The molecular weight excluding hydrogens is 174 g/mol. The van der Waals surface area contributed by atoms with Gasteiger partial charge < -0.3 is 5.32 Å². The molecule has 0 aromatic carbocycles. The minimum atomic E-state index is -0.0299. The second-order valence-corrected chi connectivity index (χ2v) is 5.37. The monoisotopic (exact) mass is 197 g/mol. The van der Waals surface area contributed by atoms with Crippen LogP contribution >= 0.6 is 0 Å². The predicted octanol–water partition coefficient (Wildman–Crippen LogP) is 2.87. The quantitative estimate of drug-likeness (QED) is 0.690. The smallest absolute Gasteiger partial charge is 0.221 e. The number of hydrogen-bond donors (Lipinski definition) is 1. The Kier molecular flexibility index (Phi) is 3.23. The van der Waals surface area contributed by atoms with E-state index in [1.54, 1.807) is 0 Å². The van der Waals surface area contributed by atoms with Crippen LogP contribution in [0.1, 0.15) is 59.8 Å². The van der Waals surface area contributed by atoms with Crippen molar-refractivity contribution >= 4 is 5.91 Å². The Morgan fingerprint density at radius 2 is 1.93 bits per heavy atom. The van der Waals surface area contributed by atoms with Gasteiger partial charge in [-0.05, 0) is 25.7 Å². The van der Waals surface area contributed by atoms with E-state index in [1.165, 1.54) is 19.3 Å². The average molecular weight is 197 g/mol. The van der Waals surface area contributed by atoms with Gasteiger partial charge in [-0.25, -0.2) is 0 Å². The van der Waals surface area contributed by atoms with E-state index in [9.17, 15) is 4.79 Å². The van der Waals surface area contributed by atoms with Crippen molar-refractivity contribution in [1.29, 1.82) is 0 Å².